The van der Waals surface area contributed by atoms with E-state index in [9.17, 15) is 38.4 Å². The Morgan fingerprint density at radius 1 is 0.734 bits per heavy atom. The SMILES string of the molecule is CCCCO[C@H]1OC(COC(=O)c2ccccc2)[C@@H](O[C@@H]2OC(COC(C)=O)[C@@H](OC(C)=O)C(OC(C)=O)[C@@H]2NC(=O)c2ccccc2C=O)[C@H](O[C@H](C)CC(=O)OC)C1NC(C)=O. The van der Waals surface area contributed by atoms with E-state index in [0.717, 1.165) is 27.2 Å². The van der Waals surface area contributed by atoms with E-state index >= 15 is 0 Å². The molecule has 350 valence electrons. The summed E-state index contributed by atoms with van der Waals surface area (Å²) in [5.41, 5.74) is 0.0835. The molecule has 2 saturated heterocycles. The number of unbranched alkanes of at least 4 members (excludes halogenated alkanes) is 1. The van der Waals surface area contributed by atoms with Crippen LogP contribution >= 0.6 is 0 Å². The quantitative estimate of drug-likeness (QED) is 0.0789. The molecule has 2 aliphatic rings. The molecule has 2 heterocycles. The van der Waals surface area contributed by atoms with Crippen molar-refractivity contribution in [3.8, 4) is 0 Å². The van der Waals surface area contributed by atoms with Gasteiger partial charge in [0.2, 0.25) is 5.91 Å². The molecule has 64 heavy (non-hydrogen) atoms. The van der Waals surface area contributed by atoms with Crippen molar-refractivity contribution in [1.82, 2.24) is 10.6 Å². The summed E-state index contributed by atoms with van der Waals surface area (Å²) in [5, 5.41) is 5.51. The van der Waals surface area contributed by atoms with Crippen LogP contribution in [0.25, 0.3) is 0 Å². The molecule has 4 rings (SSSR count). The van der Waals surface area contributed by atoms with Crippen LogP contribution in [0.5, 0.6) is 0 Å². The van der Waals surface area contributed by atoms with E-state index in [0.29, 0.717) is 12.7 Å². The average molecular weight is 901 g/mol. The summed E-state index contributed by atoms with van der Waals surface area (Å²) in [5.74, 6) is -5.34. The molecule has 2 amide bonds. The summed E-state index contributed by atoms with van der Waals surface area (Å²) in [6, 6.07) is 11.0. The van der Waals surface area contributed by atoms with Crippen molar-refractivity contribution in [3.05, 3.63) is 71.3 Å². The zero-order chi connectivity index (χ0) is 46.9. The number of hydrogen-bond acceptors (Lipinski definition) is 18. The summed E-state index contributed by atoms with van der Waals surface area (Å²) in [6.45, 7) is 7.03. The molecular formula is C44H56N2O18. The fourth-order valence-corrected chi connectivity index (χ4v) is 7.05. The number of carbonyl (C=O) groups excluding carboxylic acids is 8. The summed E-state index contributed by atoms with van der Waals surface area (Å²) < 4.78 is 59.6. The highest BCUT2D eigenvalue weighted by Crippen LogP contribution is 2.35. The largest absolute Gasteiger partial charge is 0.469 e. The number of amides is 2. The van der Waals surface area contributed by atoms with E-state index in [2.05, 4.69) is 10.6 Å². The monoisotopic (exact) mass is 900 g/mol. The zero-order valence-electron chi connectivity index (χ0n) is 36.7. The topological polar surface area (TPSA) is 253 Å². The Bertz CT molecular complexity index is 1930. The predicted molar refractivity (Wildman–Crippen MR) is 219 cm³/mol. The van der Waals surface area contributed by atoms with E-state index in [1.807, 2.05) is 6.92 Å². The lowest BCUT2D eigenvalue weighted by atomic mass is 9.93. The molecule has 4 unspecified atom stereocenters. The molecule has 0 radical (unpaired) electrons. The van der Waals surface area contributed by atoms with Crippen LogP contribution in [0.4, 0.5) is 0 Å². The molecule has 2 aliphatic heterocycles. The van der Waals surface area contributed by atoms with Gasteiger partial charge in [0.05, 0.1) is 25.2 Å². The first-order valence-electron chi connectivity index (χ1n) is 20.7. The molecule has 2 aromatic carbocycles. The molecule has 0 bridgehead atoms. The van der Waals surface area contributed by atoms with Crippen LogP contribution in [0.2, 0.25) is 0 Å². The molecule has 11 atom stereocenters. The standard InChI is InChI=1S/C44H56N2O18/c1-8-9-19-56-43-35(45-25(3)48)39(59-24(2)20-34(52)55-7)38(33(62-43)23-58-42(54)29-15-11-10-12-16-29)64-44-36(46-41(53)31-18-14-13-17-30(31)21-47)40(61-28(6)51)37(60-27(5)50)32(63-44)22-57-26(4)49/h10-18,21,24,32-33,35-40,43-44H,8-9,19-20,22-23H2,1-7H3,(H,45,48)(H,46,53)/t24-,32?,33?,35?,36+,37-,38-,39-,40?,43+,44+/m1/s1. The van der Waals surface area contributed by atoms with Crippen molar-refractivity contribution < 1.29 is 85.7 Å². The number of nitrogens with one attached hydrogen (secondary N) is 2. The number of benzene rings is 2. The molecule has 2 fully saturated rings. The molecule has 20 heteroatoms. The summed E-state index contributed by atoms with van der Waals surface area (Å²) >= 11 is 0. The lowest BCUT2D eigenvalue weighted by Crippen LogP contribution is -2.70. The van der Waals surface area contributed by atoms with Crippen LogP contribution in [0.15, 0.2) is 54.6 Å². The van der Waals surface area contributed by atoms with Gasteiger partial charge in [0.1, 0.15) is 49.7 Å². The van der Waals surface area contributed by atoms with Gasteiger partial charge in [0.25, 0.3) is 5.91 Å². The number of methoxy groups -OCH3 is 1. The van der Waals surface area contributed by atoms with Gasteiger partial charge in [-0.2, -0.15) is 0 Å². The van der Waals surface area contributed by atoms with Gasteiger partial charge in [-0.05, 0) is 31.5 Å². The minimum atomic E-state index is -1.79. The maximum Gasteiger partial charge on any atom is 0.338 e. The van der Waals surface area contributed by atoms with Gasteiger partial charge in [0, 0.05) is 45.4 Å². The Kier molecular flexibility index (Phi) is 19.8. The maximum atomic E-state index is 14.1. The van der Waals surface area contributed by atoms with E-state index in [1.54, 1.807) is 25.1 Å². The van der Waals surface area contributed by atoms with E-state index in [-0.39, 0.29) is 29.7 Å². The van der Waals surface area contributed by atoms with Crippen molar-refractivity contribution in [3.63, 3.8) is 0 Å². The van der Waals surface area contributed by atoms with Gasteiger partial charge in [0.15, 0.2) is 31.1 Å². The number of ether oxygens (including phenoxy) is 10. The van der Waals surface area contributed by atoms with Crippen molar-refractivity contribution >= 4 is 47.9 Å². The van der Waals surface area contributed by atoms with Crippen LogP contribution < -0.4 is 10.6 Å². The van der Waals surface area contributed by atoms with Gasteiger partial charge in [-0.1, -0.05) is 49.7 Å². The van der Waals surface area contributed by atoms with Gasteiger partial charge in [-0.3, -0.25) is 33.6 Å². The van der Waals surface area contributed by atoms with Gasteiger partial charge in [-0.25, -0.2) is 4.79 Å². The Morgan fingerprint density at radius 2 is 1.34 bits per heavy atom. The van der Waals surface area contributed by atoms with Crippen LogP contribution in [-0.2, 0) is 71.3 Å². The average Bonchev–Trinajstić information content (AvgIpc) is 3.25. The highest BCUT2D eigenvalue weighted by molar-refractivity contribution is 6.01. The minimum absolute atomic E-state index is 0.0104. The minimum Gasteiger partial charge on any atom is -0.469 e. The first kappa shape index (κ1) is 50.8. The Balaban J connectivity index is 1.93. The first-order chi connectivity index (χ1) is 30.6. The second kappa shape index (κ2) is 24.9. The third kappa shape index (κ3) is 14.6. The number of carbonyl (C=O) groups is 8. The van der Waals surface area contributed by atoms with Crippen LogP contribution in [0.3, 0.4) is 0 Å². The number of esters is 5. The molecular weight excluding hydrogens is 844 g/mol. The summed E-state index contributed by atoms with van der Waals surface area (Å²) in [4.78, 5) is 103. The lowest BCUT2D eigenvalue weighted by Gasteiger charge is -2.50. The van der Waals surface area contributed by atoms with Crippen LogP contribution in [0.1, 0.15) is 91.9 Å². The van der Waals surface area contributed by atoms with E-state index in [4.69, 9.17) is 47.4 Å². The van der Waals surface area contributed by atoms with E-state index < -0.39 is 122 Å². The fourth-order valence-electron chi connectivity index (χ4n) is 7.05. The Morgan fingerprint density at radius 3 is 1.97 bits per heavy atom. The van der Waals surface area contributed by atoms with Gasteiger partial charge >= 0.3 is 29.8 Å². The molecule has 0 aromatic heterocycles. The van der Waals surface area contributed by atoms with Crippen molar-refractivity contribution in [1.29, 1.82) is 0 Å². The Hall–Kier alpha value is -5.80. The number of hydrogen-bond donors (Lipinski definition) is 2. The normalized spacial score (nSPS) is 25.7. The predicted octanol–water partition coefficient (Wildman–Crippen LogP) is 2.37. The van der Waals surface area contributed by atoms with Gasteiger partial charge in [-0.15, -0.1) is 0 Å². The molecule has 2 aromatic rings. The third-order valence-electron chi connectivity index (χ3n) is 9.88. The van der Waals surface area contributed by atoms with Crippen LogP contribution in [0, 0.1) is 0 Å². The summed E-state index contributed by atoms with van der Waals surface area (Å²) in [6.07, 6.45) is -11.3. The smallest absolute Gasteiger partial charge is 0.338 e. The molecule has 0 aliphatic carbocycles. The molecule has 0 spiro atoms. The number of aldehydes is 1. The molecule has 20 nitrogen and oxygen atoms in total. The second-order valence-corrected chi connectivity index (χ2v) is 14.9. The maximum absolute atomic E-state index is 14.1. The van der Waals surface area contributed by atoms with Gasteiger partial charge < -0.3 is 58.0 Å². The number of rotatable bonds is 21. The fraction of sp³-hybridized carbons (Fsp3) is 0.545. The Labute approximate surface area is 370 Å². The first-order valence-corrected chi connectivity index (χ1v) is 20.7. The zero-order valence-corrected chi connectivity index (χ0v) is 36.7. The van der Waals surface area contributed by atoms with Crippen molar-refractivity contribution in [2.75, 3.05) is 26.9 Å². The second-order valence-electron chi connectivity index (χ2n) is 14.9. The molecule has 0 saturated carbocycles. The summed E-state index contributed by atoms with van der Waals surface area (Å²) in [7, 11) is 1.20. The van der Waals surface area contributed by atoms with E-state index in [1.165, 1.54) is 50.4 Å². The van der Waals surface area contributed by atoms with Crippen molar-refractivity contribution in [2.45, 2.75) is 128 Å². The third-order valence-corrected chi connectivity index (χ3v) is 9.88. The molecule has 2 N–H and O–H groups in total. The highest BCUT2D eigenvalue weighted by Gasteiger charge is 2.56. The van der Waals surface area contributed by atoms with Crippen LogP contribution in [-0.4, -0.2) is 142 Å². The lowest BCUT2D eigenvalue weighted by molar-refractivity contribution is -0.339. The highest BCUT2D eigenvalue weighted by atomic mass is 16.7. The van der Waals surface area contributed by atoms with Crippen molar-refractivity contribution in [2.24, 2.45) is 0 Å².